The Labute approximate surface area is 189 Å². The molecule has 0 spiro atoms. The van der Waals surface area contributed by atoms with Gasteiger partial charge in [0.05, 0.1) is 10.9 Å². The highest BCUT2D eigenvalue weighted by Crippen LogP contribution is 2.40. The highest BCUT2D eigenvalue weighted by atomic mass is 14.9. The summed E-state index contributed by atoms with van der Waals surface area (Å²) in [4.78, 5) is 0. The molecule has 0 unspecified atom stereocenters. The van der Waals surface area contributed by atoms with Gasteiger partial charge in [-0.15, -0.1) is 0 Å². The number of nitrogens with zero attached hydrogens (tertiary/aromatic N) is 1. The summed E-state index contributed by atoms with van der Waals surface area (Å²) in [6.45, 7) is 16.3. The van der Waals surface area contributed by atoms with Crippen LogP contribution in [0.1, 0.15) is 95.4 Å². The Morgan fingerprint density at radius 1 is 0.839 bits per heavy atom. The first-order chi connectivity index (χ1) is 14.5. The van der Waals surface area contributed by atoms with E-state index >= 15 is 0 Å². The first kappa shape index (κ1) is 22.1. The lowest BCUT2D eigenvalue weighted by molar-refractivity contribution is -0.659. The molecule has 4 rings (SSSR count). The molecule has 3 aromatic rings. The number of pyridine rings is 1. The van der Waals surface area contributed by atoms with E-state index in [0.29, 0.717) is 0 Å². The van der Waals surface area contributed by atoms with Gasteiger partial charge in [0, 0.05) is 6.07 Å². The molecule has 1 aliphatic carbocycles. The molecule has 2 aromatic carbocycles. The SMILES string of the molecule is Cc1c(-c2c3ccc(C4CCCC4)cc3cc[n+]2C)cc(C(C)(C)C)cc1C(C)(C)C. The molecule has 1 heterocycles. The summed E-state index contributed by atoms with van der Waals surface area (Å²) in [5.74, 6) is 0.750. The zero-order valence-electron chi connectivity index (χ0n) is 20.9. The summed E-state index contributed by atoms with van der Waals surface area (Å²) in [7, 11) is 2.19. The summed E-state index contributed by atoms with van der Waals surface area (Å²) >= 11 is 0. The highest BCUT2D eigenvalue weighted by molar-refractivity contribution is 5.94. The van der Waals surface area contributed by atoms with Crippen molar-refractivity contribution in [3.05, 3.63) is 64.8 Å². The third-order valence-corrected chi connectivity index (χ3v) is 7.32. The van der Waals surface area contributed by atoms with Gasteiger partial charge in [-0.25, -0.2) is 4.57 Å². The Bertz CT molecular complexity index is 1120. The van der Waals surface area contributed by atoms with Gasteiger partial charge in [0.1, 0.15) is 7.05 Å². The third-order valence-electron chi connectivity index (χ3n) is 7.32. The fourth-order valence-electron chi connectivity index (χ4n) is 5.41. The minimum absolute atomic E-state index is 0.110. The molecule has 0 amide bonds. The van der Waals surface area contributed by atoms with E-state index in [2.05, 4.69) is 103 Å². The standard InChI is InChI=1S/C30H40N/c1-20-26(18-24(29(2,3)4)19-27(20)30(5,6)7)28-25-14-13-22(21-11-9-10-12-21)17-23(25)15-16-31(28)8/h13-19,21H,9-12H2,1-8H3/q+1. The molecule has 0 aliphatic heterocycles. The lowest BCUT2D eigenvalue weighted by Crippen LogP contribution is -2.31. The Morgan fingerprint density at radius 2 is 1.52 bits per heavy atom. The summed E-state index contributed by atoms with van der Waals surface area (Å²) < 4.78 is 2.32. The average molecular weight is 415 g/mol. The molecule has 1 nitrogen and oxygen atoms in total. The predicted molar refractivity (Wildman–Crippen MR) is 134 cm³/mol. The minimum Gasteiger partial charge on any atom is -0.200 e. The maximum absolute atomic E-state index is 2.46. The number of aryl methyl sites for hydroxylation is 1. The smallest absolute Gasteiger partial charge is 0.200 e. The van der Waals surface area contributed by atoms with Crippen molar-refractivity contribution in [2.75, 3.05) is 0 Å². The first-order valence-electron chi connectivity index (χ1n) is 12.0. The van der Waals surface area contributed by atoms with Gasteiger partial charge in [-0.05, 0) is 76.3 Å². The molecule has 0 bridgehead atoms. The van der Waals surface area contributed by atoms with Crippen LogP contribution in [-0.4, -0.2) is 0 Å². The molecule has 1 fully saturated rings. The van der Waals surface area contributed by atoms with Crippen molar-refractivity contribution >= 4 is 10.8 Å². The lowest BCUT2D eigenvalue weighted by atomic mass is 9.76. The van der Waals surface area contributed by atoms with Crippen LogP contribution < -0.4 is 4.57 Å². The van der Waals surface area contributed by atoms with Crippen molar-refractivity contribution in [3.8, 4) is 11.3 Å². The molecule has 0 atom stereocenters. The molecule has 1 saturated carbocycles. The van der Waals surface area contributed by atoms with E-state index < -0.39 is 0 Å². The Morgan fingerprint density at radius 3 is 2.13 bits per heavy atom. The van der Waals surface area contributed by atoms with Crippen LogP contribution in [0.5, 0.6) is 0 Å². The van der Waals surface area contributed by atoms with Gasteiger partial charge in [-0.2, -0.15) is 0 Å². The van der Waals surface area contributed by atoms with Crippen molar-refractivity contribution in [2.45, 2.75) is 90.9 Å². The van der Waals surface area contributed by atoms with E-state index in [9.17, 15) is 0 Å². The van der Waals surface area contributed by atoms with Crippen molar-refractivity contribution < 1.29 is 4.57 Å². The second-order valence-corrected chi connectivity index (χ2v) is 11.8. The van der Waals surface area contributed by atoms with Crippen LogP contribution >= 0.6 is 0 Å². The second kappa shape index (κ2) is 7.76. The van der Waals surface area contributed by atoms with Gasteiger partial charge < -0.3 is 0 Å². The van der Waals surface area contributed by atoms with Crippen LogP contribution in [0.4, 0.5) is 0 Å². The fourth-order valence-corrected chi connectivity index (χ4v) is 5.41. The van der Waals surface area contributed by atoms with Crippen LogP contribution in [0, 0.1) is 6.92 Å². The maximum atomic E-state index is 2.46. The van der Waals surface area contributed by atoms with Gasteiger partial charge in [0.15, 0.2) is 6.20 Å². The summed E-state index contributed by atoms with van der Waals surface area (Å²) in [6.07, 6.45) is 7.70. The largest absolute Gasteiger partial charge is 0.220 e. The summed E-state index contributed by atoms with van der Waals surface area (Å²) in [5.41, 5.74) is 8.74. The highest BCUT2D eigenvalue weighted by Gasteiger charge is 2.27. The van der Waals surface area contributed by atoms with E-state index in [-0.39, 0.29) is 10.8 Å². The topological polar surface area (TPSA) is 3.88 Å². The van der Waals surface area contributed by atoms with Crippen LogP contribution in [-0.2, 0) is 17.9 Å². The zero-order valence-corrected chi connectivity index (χ0v) is 20.9. The third kappa shape index (κ3) is 4.16. The number of aromatic nitrogens is 1. The van der Waals surface area contributed by atoms with Crippen LogP contribution in [0.3, 0.4) is 0 Å². The quantitative estimate of drug-likeness (QED) is 0.375. The Balaban J connectivity index is 1.98. The zero-order chi connectivity index (χ0) is 22.6. The number of hydrogen-bond acceptors (Lipinski definition) is 0. The first-order valence-corrected chi connectivity index (χ1v) is 12.0. The molecular weight excluding hydrogens is 374 g/mol. The molecule has 0 N–H and O–H groups in total. The lowest BCUT2D eigenvalue weighted by Gasteiger charge is -2.28. The van der Waals surface area contributed by atoms with Gasteiger partial charge in [-0.1, -0.05) is 72.6 Å². The average Bonchev–Trinajstić information content (AvgIpc) is 3.21. The fraction of sp³-hybridized carbons (Fsp3) is 0.500. The van der Waals surface area contributed by atoms with E-state index in [0.717, 1.165) is 5.92 Å². The second-order valence-electron chi connectivity index (χ2n) is 11.8. The minimum atomic E-state index is 0.110. The van der Waals surface area contributed by atoms with Crippen molar-refractivity contribution in [1.82, 2.24) is 0 Å². The molecule has 31 heavy (non-hydrogen) atoms. The molecule has 0 saturated heterocycles. The maximum Gasteiger partial charge on any atom is 0.220 e. The van der Waals surface area contributed by atoms with E-state index in [4.69, 9.17) is 0 Å². The van der Waals surface area contributed by atoms with Gasteiger partial charge in [0.2, 0.25) is 5.69 Å². The number of fused-ring (bicyclic) bond motifs is 1. The number of rotatable bonds is 2. The van der Waals surface area contributed by atoms with Gasteiger partial charge in [0.25, 0.3) is 0 Å². The van der Waals surface area contributed by atoms with Crippen LogP contribution in [0.15, 0.2) is 42.6 Å². The number of benzene rings is 2. The molecule has 1 heteroatoms. The van der Waals surface area contributed by atoms with E-state index in [1.54, 1.807) is 0 Å². The molecule has 164 valence electrons. The summed E-state index contributed by atoms with van der Waals surface area (Å²) in [6, 6.07) is 14.4. The Hall–Kier alpha value is -2.15. The summed E-state index contributed by atoms with van der Waals surface area (Å²) in [5, 5.41) is 2.73. The van der Waals surface area contributed by atoms with E-state index in [1.807, 2.05) is 0 Å². The van der Waals surface area contributed by atoms with Crippen LogP contribution in [0.25, 0.3) is 22.0 Å². The van der Waals surface area contributed by atoms with Gasteiger partial charge in [-0.3, -0.25) is 0 Å². The molecule has 0 radical (unpaired) electrons. The molecule has 1 aliphatic rings. The number of hydrogen-bond donors (Lipinski definition) is 0. The molecule has 1 aromatic heterocycles. The van der Waals surface area contributed by atoms with Crippen molar-refractivity contribution in [1.29, 1.82) is 0 Å². The van der Waals surface area contributed by atoms with Crippen molar-refractivity contribution in [3.63, 3.8) is 0 Å². The molecular formula is C30H40N+. The monoisotopic (exact) mass is 414 g/mol. The normalized spacial score (nSPS) is 15.7. The van der Waals surface area contributed by atoms with Crippen molar-refractivity contribution in [2.24, 2.45) is 7.05 Å². The Kier molecular flexibility index (Phi) is 5.53. The van der Waals surface area contributed by atoms with Crippen LogP contribution in [0.2, 0.25) is 0 Å². The predicted octanol–water partition coefficient (Wildman–Crippen LogP) is 7.89. The van der Waals surface area contributed by atoms with Gasteiger partial charge >= 0.3 is 0 Å². The van der Waals surface area contributed by atoms with E-state index in [1.165, 1.54) is 70.0 Å².